The zero-order valence-electron chi connectivity index (χ0n) is 26.0. The fourth-order valence-electron chi connectivity index (χ4n) is 9.02. The summed E-state index contributed by atoms with van der Waals surface area (Å²) in [5.41, 5.74) is 10.4. The van der Waals surface area contributed by atoms with Crippen molar-refractivity contribution < 1.29 is 4.42 Å². The van der Waals surface area contributed by atoms with E-state index in [1.54, 1.807) is 20.7 Å². The lowest BCUT2D eigenvalue weighted by molar-refractivity contribution is 0.673. The first-order valence-corrected chi connectivity index (χ1v) is 22.0. The van der Waals surface area contributed by atoms with Gasteiger partial charge >= 0.3 is 0 Å². The second-order valence-electron chi connectivity index (χ2n) is 14.0. The minimum atomic E-state index is -2.01. The first-order chi connectivity index (χ1) is 21.9. The third-order valence-electron chi connectivity index (χ3n) is 11.0. The molecular formula is C42H32OSi2. The van der Waals surface area contributed by atoms with Gasteiger partial charge in [-0.3, -0.25) is 0 Å². The lowest BCUT2D eigenvalue weighted by Crippen LogP contribution is -2.63. The van der Waals surface area contributed by atoms with Crippen LogP contribution >= 0.6 is 0 Å². The van der Waals surface area contributed by atoms with Gasteiger partial charge in [-0.05, 0) is 88.5 Å². The Kier molecular flexibility index (Phi) is 4.84. The molecule has 0 unspecified atom stereocenters. The Balaban J connectivity index is 1.29. The van der Waals surface area contributed by atoms with E-state index in [-0.39, 0.29) is 0 Å². The second kappa shape index (κ2) is 8.51. The monoisotopic (exact) mass is 608 g/mol. The second-order valence-corrected chi connectivity index (χ2v) is 22.6. The Morgan fingerprint density at radius 2 is 1.09 bits per heavy atom. The first kappa shape index (κ1) is 25.6. The third-order valence-corrected chi connectivity index (χ3v) is 18.3. The van der Waals surface area contributed by atoms with Gasteiger partial charge in [0.15, 0.2) is 0 Å². The Hall–Kier alpha value is -4.71. The highest BCUT2D eigenvalue weighted by molar-refractivity contribution is 7.13. The van der Waals surface area contributed by atoms with E-state index in [1.807, 2.05) is 0 Å². The Labute approximate surface area is 264 Å². The average molecular weight is 609 g/mol. The molecule has 1 nitrogen and oxygen atoms in total. The number of fused-ring (bicyclic) bond motifs is 15. The average Bonchev–Trinajstić information content (AvgIpc) is 3.65. The summed E-state index contributed by atoms with van der Waals surface area (Å²) in [6.07, 6.45) is 0. The van der Waals surface area contributed by atoms with Gasteiger partial charge in [0.2, 0.25) is 0 Å². The summed E-state index contributed by atoms with van der Waals surface area (Å²) >= 11 is 0. The molecule has 0 N–H and O–H groups in total. The van der Waals surface area contributed by atoms with Crippen molar-refractivity contribution in [3.63, 3.8) is 0 Å². The Morgan fingerprint density at radius 3 is 1.87 bits per heavy atom. The van der Waals surface area contributed by atoms with Crippen LogP contribution in [0, 0.1) is 0 Å². The maximum absolute atomic E-state index is 6.58. The van der Waals surface area contributed by atoms with Gasteiger partial charge in [0.05, 0.1) is 0 Å². The molecule has 1 aromatic heterocycles. The molecule has 214 valence electrons. The van der Waals surface area contributed by atoms with Crippen LogP contribution in [-0.4, -0.2) is 16.1 Å². The van der Waals surface area contributed by atoms with Crippen molar-refractivity contribution in [1.29, 1.82) is 0 Å². The van der Waals surface area contributed by atoms with Crippen molar-refractivity contribution in [2.75, 3.05) is 0 Å². The molecule has 2 aliphatic heterocycles. The number of hydrogen-bond donors (Lipinski definition) is 0. The van der Waals surface area contributed by atoms with E-state index in [1.165, 1.54) is 65.7 Å². The molecule has 3 heterocycles. The molecule has 0 amide bonds. The minimum absolute atomic E-state index is 0.947. The molecule has 0 fully saturated rings. The van der Waals surface area contributed by atoms with E-state index in [9.17, 15) is 0 Å². The highest BCUT2D eigenvalue weighted by Crippen LogP contribution is 2.44. The largest absolute Gasteiger partial charge is 0.455 e. The van der Waals surface area contributed by atoms with Crippen molar-refractivity contribution in [2.24, 2.45) is 0 Å². The number of rotatable bonds is 1. The maximum atomic E-state index is 6.58. The van der Waals surface area contributed by atoms with Gasteiger partial charge in [-0.1, -0.05) is 129 Å². The molecule has 0 atom stereocenters. The number of furan rings is 1. The van der Waals surface area contributed by atoms with Gasteiger partial charge < -0.3 is 4.42 Å². The van der Waals surface area contributed by atoms with Crippen LogP contribution in [0.1, 0.15) is 0 Å². The number of hydrogen-bond acceptors (Lipinski definition) is 1. The molecule has 0 saturated heterocycles. The SMILES string of the molecule is C[Si]1(C)c2ccccc2-c2c1c1c(c3ccccc23)-c2cc(-c3cccc4oc5c6ccccc6ccc5c34)ccc2[Si]1(C)C. The summed E-state index contributed by atoms with van der Waals surface area (Å²) in [7, 11) is -3.93. The highest BCUT2D eigenvalue weighted by Gasteiger charge is 2.48. The summed E-state index contributed by atoms with van der Waals surface area (Å²) in [5, 5.41) is 14.1. The molecular weight excluding hydrogens is 577 g/mol. The fourth-order valence-corrected chi connectivity index (χ4v) is 17.5. The molecule has 45 heavy (non-hydrogen) atoms. The lowest BCUT2D eigenvalue weighted by Gasteiger charge is -2.29. The molecule has 10 rings (SSSR count). The van der Waals surface area contributed by atoms with Crippen molar-refractivity contribution in [2.45, 2.75) is 26.2 Å². The maximum Gasteiger partial charge on any atom is 0.143 e. The molecule has 0 bridgehead atoms. The van der Waals surface area contributed by atoms with Gasteiger partial charge in [-0.25, -0.2) is 0 Å². The van der Waals surface area contributed by atoms with E-state index in [0.29, 0.717) is 0 Å². The molecule has 7 aromatic carbocycles. The molecule has 0 aliphatic carbocycles. The van der Waals surface area contributed by atoms with Gasteiger partial charge in [-0.2, -0.15) is 0 Å². The molecule has 8 aromatic rings. The van der Waals surface area contributed by atoms with Crippen LogP contribution in [0.15, 0.2) is 126 Å². The van der Waals surface area contributed by atoms with E-state index in [0.717, 1.165) is 11.2 Å². The zero-order chi connectivity index (χ0) is 30.2. The van der Waals surface area contributed by atoms with E-state index < -0.39 is 16.1 Å². The standard InChI is InChI=1S/C42H32OSi2/c1-44(2)35-19-10-9-16-31(35)38-29-14-7-8-15-30(29)39-33-24-26(21-23-36(33)45(3,4)42(39)41(38)44)27-17-11-18-34-37(27)32-22-20-25-12-5-6-13-28(25)40(32)43-34/h5-24H,1-4H3. The predicted molar refractivity (Wildman–Crippen MR) is 199 cm³/mol. The fraction of sp³-hybridized carbons (Fsp3) is 0.0952. The summed E-state index contributed by atoms with van der Waals surface area (Å²) < 4.78 is 6.58. The van der Waals surface area contributed by atoms with Crippen molar-refractivity contribution >= 4 is 80.4 Å². The molecule has 0 spiro atoms. The number of benzene rings is 7. The predicted octanol–water partition coefficient (Wildman–Crippen LogP) is 9.17. The molecule has 0 radical (unpaired) electrons. The molecule has 0 saturated carbocycles. The van der Waals surface area contributed by atoms with Crippen LogP contribution in [0.4, 0.5) is 0 Å². The van der Waals surface area contributed by atoms with Crippen LogP contribution in [0.5, 0.6) is 0 Å². The Bertz CT molecular complexity index is 2600. The van der Waals surface area contributed by atoms with Crippen LogP contribution < -0.4 is 20.7 Å². The molecule has 2 aliphatic rings. The summed E-state index contributed by atoms with van der Waals surface area (Å²) in [6, 6.07) is 45.4. The summed E-state index contributed by atoms with van der Waals surface area (Å²) in [6.45, 7) is 10.4. The van der Waals surface area contributed by atoms with Crippen molar-refractivity contribution in [1.82, 2.24) is 0 Å². The van der Waals surface area contributed by atoms with Crippen LogP contribution in [0.3, 0.4) is 0 Å². The van der Waals surface area contributed by atoms with Crippen molar-refractivity contribution in [3.8, 4) is 33.4 Å². The topological polar surface area (TPSA) is 13.1 Å². The normalized spacial score (nSPS) is 15.5. The van der Waals surface area contributed by atoms with Crippen LogP contribution in [0.25, 0.3) is 76.9 Å². The van der Waals surface area contributed by atoms with Gasteiger partial charge in [0, 0.05) is 16.2 Å². The molecule has 3 heteroatoms. The third kappa shape index (κ3) is 3.12. The van der Waals surface area contributed by atoms with Crippen LogP contribution in [0.2, 0.25) is 26.2 Å². The van der Waals surface area contributed by atoms with E-state index in [2.05, 4.69) is 148 Å². The minimum Gasteiger partial charge on any atom is -0.455 e. The first-order valence-electron chi connectivity index (χ1n) is 16.0. The van der Waals surface area contributed by atoms with Crippen molar-refractivity contribution in [3.05, 3.63) is 121 Å². The summed E-state index contributed by atoms with van der Waals surface area (Å²) in [5.74, 6) is 0. The lowest BCUT2D eigenvalue weighted by atomic mass is 9.90. The highest BCUT2D eigenvalue weighted by atomic mass is 28.3. The Morgan fingerprint density at radius 1 is 0.467 bits per heavy atom. The van der Waals surface area contributed by atoms with E-state index in [4.69, 9.17) is 4.42 Å². The quantitative estimate of drug-likeness (QED) is 0.169. The van der Waals surface area contributed by atoms with Crippen LogP contribution in [-0.2, 0) is 0 Å². The van der Waals surface area contributed by atoms with E-state index >= 15 is 0 Å². The summed E-state index contributed by atoms with van der Waals surface area (Å²) in [4.78, 5) is 0. The van der Waals surface area contributed by atoms with Gasteiger partial charge in [0.1, 0.15) is 27.3 Å². The smallest absolute Gasteiger partial charge is 0.143 e. The van der Waals surface area contributed by atoms with Gasteiger partial charge in [0.25, 0.3) is 0 Å². The zero-order valence-corrected chi connectivity index (χ0v) is 28.0. The van der Waals surface area contributed by atoms with Gasteiger partial charge in [-0.15, -0.1) is 0 Å².